The first kappa shape index (κ1) is 14.7. The van der Waals surface area contributed by atoms with Gasteiger partial charge < -0.3 is 10.2 Å². The molecule has 1 N–H and O–H groups in total. The lowest BCUT2D eigenvalue weighted by Crippen LogP contribution is -2.41. The molecule has 106 valence electrons. The second-order valence-corrected chi connectivity index (χ2v) is 7.38. The van der Waals surface area contributed by atoms with Gasteiger partial charge in [-0.1, -0.05) is 0 Å². The number of thioether (sulfide) groups is 1. The smallest absolute Gasteiger partial charge is 0.0445 e. The molecule has 1 aromatic rings. The van der Waals surface area contributed by atoms with Gasteiger partial charge in [0.25, 0.3) is 0 Å². The normalized spacial score (nSPS) is 20.6. The molecule has 2 heterocycles. The van der Waals surface area contributed by atoms with Gasteiger partial charge in [-0.2, -0.15) is 11.8 Å². The Hall–Kier alpha value is -0.740. The molecule has 0 aromatic carbocycles. The van der Waals surface area contributed by atoms with Crippen molar-refractivity contribution in [3.05, 3.63) is 24.0 Å². The minimum absolute atomic E-state index is 0.135. The minimum atomic E-state index is 0.135. The molecule has 1 atom stereocenters. The van der Waals surface area contributed by atoms with Crippen LogP contribution in [0.15, 0.2) is 18.5 Å². The maximum atomic E-state index is 4.29. The van der Waals surface area contributed by atoms with Crippen LogP contribution in [0.25, 0.3) is 0 Å². The Kier molecular flexibility index (Phi) is 4.74. The second kappa shape index (κ2) is 6.14. The lowest BCUT2D eigenvalue weighted by Gasteiger charge is -2.36. The summed E-state index contributed by atoms with van der Waals surface area (Å²) in [5, 5.41) is 3.56. The lowest BCUT2D eigenvalue weighted by molar-refractivity contribution is 0.424. The summed E-state index contributed by atoms with van der Waals surface area (Å²) in [5.41, 5.74) is 2.78. The zero-order valence-electron chi connectivity index (χ0n) is 12.4. The highest BCUT2D eigenvalue weighted by atomic mass is 32.2. The molecular weight excluding hydrogens is 254 g/mol. The average Bonchev–Trinajstić information content (AvgIpc) is 2.37. The summed E-state index contributed by atoms with van der Waals surface area (Å²) >= 11 is 2.05. The fourth-order valence-corrected chi connectivity index (χ4v) is 3.30. The van der Waals surface area contributed by atoms with E-state index in [1.165, 1.54) is 22.8 Å². The molecule has 1 saturated heterocycles. The number of nitrogens with zero attached hydrogens (tertiary/aromatic N) is 2. The van der Waals surface area contributed by atoms with Gasteiger partial charge in [-0.3, -0.25) is 4.98 Å². The van der Waals surface area contributed by atoms with Crippen molar-refractivity contribution in [1.29, 1.82) is 0 Å². The van der Waals surface area contributed by atoms with Crippen LogP contribution < -0.4 is 10.2 Å². The van der Waals surface area contributed by atoms with Crippen molar-refractivity contribution in [2.45, 2.75) is 45.8 Å². The summed E-state index contributed by atoms with van der Waals surface area (Å²) < 4.78 is 0. The van der Waals surface area contributed by atoms with E-state index in [-0.39, 0.29) is 5.54 Å². The summed E-state index contributed by atoms with van der Waals surface area (Å²) in [4.78, 5) is 6.82. The highest BCUT2D eigenvalue weighted by Gasteiger charge is 2.21. The number of aromatic nitrogens is 1. The van der Waals surface area contributed by atoms with E-state index < -0.39 is 0 Å². The fourth-order valence-electron chi connectivity index (χ4n) is 2.28. The summed E-state index contributed by atoms with van der Waals surface area (Å²) in [6, 6.07) is 2.76. The first-order valence-electron chi connectivity index (χ1n) is 7.00. The van der Waals surface area contributed by atoms with E-state index in [1.54, 1.807) is 0 Å². The quantitative estimate of drug-likeness (QED) is 0.921. The Morgan fingerprint density at radius 2 is 2.26 bits per heavy atom. The molecule has 2 rings (SSSR count). The third-order valence-electron chi connectivity index (χ3n) is 3.36. The molecule has 1 aliphatic heterocycles. The van der Waals surface area contributed by atoms with Crippen molar-refractivity contribution in [3.8, 4) is 0 Å². The van der Waals surface area contributed by atoms with Gasteiger partial charge in [0.1, 0.15) is 0 Å². The number of hydrogen-bond donors (Lipinski definition) is 1. The third kappa shape index (κ3) is 4.11. The molecule has 0 radical (unpaired) electrons. The van der Waals surface area contributed by atoms with Crippen molar-refractivity contribution in [2.24, 2.45) is 0 Å². The summed E-state index contributed by atoms with van der Waals surface area (Å²) in [6.45, 7) is 10.9. The first-order chi connectivity index (χ1) is 8.97. The molecule has 0 amide bonds. The van der Waals surface area contributed by atoms with Crippen molar-refractivity contribution in [2.75, 3.05) is 23.0 Å². The highest BCUT2D eigenvalue weighted by Crippen LogP contribution is 2.26. The van der Waals surface area contributed by atoms with Crippen molar-refractivity contribution >= 4 is 17.4 Å². The number of hydrogen-bond acceptors (Lipinski definition) is 4. The first-order valence-corrected chi connectivity index (χ1v) is 8.15. The maximum Gasteiger partial charge on any atom is 0.0445 e. The highest BCUT2D eigenvalue weighted by molar-refractivity contribution is 7.99. The van der Waals surface area contributed by atoms with Crippen molar-refractivity contribution in [1.82, 2.24) is 10.3 Å². The minimum Gasteiger partial charge on any atom is -0.367 e. The largest absolute Gasteiger partial charge is 0.367 e. The zero-order chi connectivity index (χ0) is 13.9. The predicted octanol–water partition coefficient (Wildman–Crippen LogP) is 2.91. The summed E-state index contributed by atoms with van der Waals surface area (Å²) in [5.74, 6) is 2.44. The molecule has 0 spiro atoms. The number of nitrogens with one attached hydrogen (secondary N) is 1. The van der Waals surface area contributed by atoms with E-state index in [9.17, 15) is 0 Å². The van der Waals surface area contributed by atoms with Crippen LogP contribution in [0.4, 0.5) is 5.69 Å². The van der Waals surface area contributed by atoms with E-state index >= 15 is 0 Å². The zero-order valence-corrected chi connectivity index (χ0v) is 13.3. The molecule has 0 bridgehead atoms. The van der Waals surface area contributed by atoms with Crippen LogP contribution in [-0.4, -0.2) is 34.6 Å². The van der Waals surface area contributed by atoms with E-state index in [0.717, 1.165) is 13.1 Å². The molecule has 1 aliphatic rings. The molecule has 1 fully saturated rings. The maximum absolute atomic E-state index is 4.29. The summed E-state index contributed by atoms with van der Waals surface area (Å²) in [6.07, 6.45) is 3.91. The Balaban J connectivity index is 2.15. The molecule has 0 aliphatic carbocycles. The Bertz CT molecular complexity index is 414. The van der Waals surface area contributed by atoms with Crippen LogP contribution >= 0.6 is 11.8 Å². The molecule has 4 heteroatoms. The Morgan fingerprint density at radius 1 is 1.47 bits per heavy atom. The van der Waals surface area contributed by atoms with Gasteiger partial charge in [0.15, 0.2) is 0 Å². The SMILES string of the molecule is CC1CSCCN1c1ccncc1CNC(C)(C)C. The second-order valence-electron chi connectivity index (χ2n) is 6.23. The standard InChI is InChI=1S/C15H25N3S/c1-12-11-19-8-7-18(12)14-5-6-16-9-13(14)10-17-15(2,3)4/h5-6,9,12,17H,7-8,10-11H2,1-4H3. The number of rotatable bonds is 3. The summed E-state index contributed by atoms with van der Waals surface area (Å²) in [7, 11) is 0. The van der Waals surface area contributed by atoms with Gasteiger partial charge in [-0.05, 0) is 33.8 Å². The van der Waals surface area contributed by atoms with Crippen LogP contribution in [0.2, 0.25) is 0 Å². The van der Waals surface area contributed by atoms with Gasteiger partial charge in [0.05, 0.1) is 0 Å². The molecule has 3 nitrogen and oxygen atoms in total. The lowest BCUT2D eigenvalue weighted by atomic mass is 10.1. The molecule has 0 saturated carbocycles. The third-order valence-corrected chi connectivity index (χ3v) is 4.55. The van der Waals surface area contributed by atoms with Crippen molar-refractivity contribution < 1.29 is 0 Å². The molecule has 1 unspecified atom stereocenters. The molecule has 1 aromatic heterocycles. The van der Waals surface area contributed by atoms with Gasteiger partial charge >= 0.3 is 0 Å². The topological polar surface area (TPSA) is 28.2 Å². The molecule has 19 heavy (non-hydrogen) atoms. The van der Waals surface area contributed by atoms with Gasteiger partial charge in [0, 0.05) is 59.8 Å². The van der Waals surface area contributed by atoms with Crippen LogP contribution in [0, 0.1) is 0 Å². The van der Waals surface area contributed by atoms with Crippen LogP contribution in [0.1, 0.15) is 33.3 Å². The number of anilines is 1. The van der Waals surface area contributed by atoms with Crippen LogP contribution in [0.5, 0.6) is 0 Å². The monoisotopic (exact) mass is 279 g/mol. The Morgan fingerprint density at radius 3 is 2.95 bits per heavy atom. The van der Waals surface area contributed by atoms with E-state index in [4.69, 9.17) is 0 Å². The van der Waals surface area contributed by atoms with E-state index in [0.29, 0.717) is 6.04 Å². The fraction of sp³-hybridized carbons (Fsp3) is 0.667. The van der Waals surface area contributed by atoms with Gasteiger partial charge in [0.2, 0.25) is 0 Å². The van der Waals surface area contributed by atoms with Gasteiger partial charge in [-0.15, -0.1) is 0 Å². The predicted molar refractivity (Wildman–Crippen MR) is 85.0 cm³/mol. The van der Waals surface area contributed by atoms with Crippen LogP contribution in [-0.2, 0) is 6.54 Å². The Labute approximate surface area is 121 Å². The number of pyridine rings is 1. The average molecular weight is 279 g/mol. The van der Waals surface area contributed by atoms with Crippen molar-refractivity contribution in [3.63, 3.8) is 0 Å². The van der Waals surface area contributed by atoms with E-state index in [2.05, 4.69) is 60.7 Å². The van der Waals surface area contributed by atoms with Crippen LogP contribution in [0.3, 0.4) is 0 Å². The van der Waals surface area contributed by atoms with E-state index in [1.807, 2.05) is 12.4 Å². The van der Waals surface area contributed by atoms with Gasteiger partial charge in [-0.25, -0.2) is 0 Å². The molecular formula is C15H25N3S.